The molecule has 122 valence electrons. The zero-order chi connectivity index (χ0) is 17.2. The molecule has 5 heteroatoms. The number of carbonyl (C=O) groups is 2. The van der Waals surface area contributed by atoms with Crippen molar-refractivity contribution in [3.8, 4) is 5.75 Å². The van der Waals surface area contributed by atoms with Gasteiger partial charge >= 0.3 is 6.03 Å². The Morgan fingerprint density at radius 1 is 1.17 bits per heavy atom. The van der Waals surface area contributed by atoms with E-state index in [1.807, 2.05) is 6.92 Å². The molecule has 5 nitrogen and oxygen atoms in total. The summed E-state index contributed by atoms with van der Waals surface area (Å²) in [5, 5.41) is 2.76. The van der Waals surface area contributed by atoms with Crippen molar-refractivity contribution in [2.24, 2.45) is 0 Å². The Bertz CT molecular complexity index is 663. The summed E-state index contributed by atoms with van der Waals surface area (Å²) in [6.07, 6.45) is 0. The lowest BCUT2D eigenvalue weighted by molar-refractivity contribution is -0.130. The number of hydrogen-bond donors (Lipinski definition) is 1. The number of urea groups is 1. The quantitative estimate of drug-likeness (QED) is 0.648. The molecule has 1 aromatic rings. The van der Waals surface area contributed by atoms with E-state index in [4.69, 9.17) is 4.74 Å². The zero-order valence-electron chi connectivity index (χ0n) is 13.8. The number of carbonyl (C=O) groups excluding carboxylic acids is 2. The number of nitrogens with zero attached hydrogens (tertiary/aromatic N) is 1. The number of nitrogens with one attached hydrogen (secondary N) is 1. The van der Waals surface area contributed by atoms with E-state index in [1.54, 1.807) is 38.1 Å². The van der Waals surface area contributed by atoms with Crippen LogP contribution in [0.3, 0.4) is 0 Å². The summed E-state index contributed by atoms with van der Waals surface area (Å²) in [7, 11) is 0. The van der Waals surface area contributed by atoms with E-state index < -0.39 is 11.6 Å². The largest absolute Gasteiger partial charge is 0.489 e. The Morgan fingerprint density at radius 3 is 2.30 bits per heavy atom. The molecule has 1 N–H and O–H groups in total. The molecular formula is C18H22N2O3. The van der Waals surface area contributed by atoms with Gasteiger partial charge in [0.1, 0.15) is 17.9 Å². The van der Waals surface area contributed by atoms with Gasteiger partial charge in [-0.3, -0.25) is 9.69 Å². The van der Waals surface area contributed by atoms with Crippen molar-refractivity contribution >= 4 is 11.9 Å². The lowest BCUT2D eigenvalue weighted by Crippen LogP contribution is -2.41. The second-order valence-corrected chi connectivity index (χ2v) is 6.17. The zero-order valence-corrected chi connectivity index (χ0v) is 13.8. The lowest BCUT2D eigenvalue weighted by atomic mass is 9.92. The SMILES string of the molecule is C=C(C)COc1ccc(C2(C)NC(=O)N(CC(=C)C)C2=O)cc1. The Morgan fingerprint density at radius 2 is 1.78 bits per heavy atom. The molecule has 1 aliphatic heterocycles. The van der Waals surface area contributed by atoms with E-state index >= 15 is 0 Å². The molecule has 1 saturated heterocycles. The van der Waals surface area contributed by atoms with Crippen molar-refractivity contribution in [3.63, 3.8) is 0 Å². The van der Waals surface area contributed by atoms with Gasteiger partial charge in [-0.15, -0.1) is 0 Å². The maximum Gasteiger partial charge on any atom is 0.325 e. The van der Waals surface area contributed by atoms with Gasteiger partial charge in [-0.05, 0) is 44.0 Å². The molecule has 1 heterocycles. The van der Waals surface area contributed by atoms with Crippen LogP contribution in [-0.2, 0) is 10.3 Å². The Labute approximate surface area is 136 Å². The molecule has 23 heavy (non-hydrogen) atoms. The van der Waals surface area contributed by atoms with E-state index in [0.29, 0.717) is 17.9 Å². The van der Waals surface area contributed by atoms with Crippen LogP contribution in [0.25, 0.3) is 0 Å². The molecular weight excluding hydrogens is 292 g/mol. The molecule has 1 unspecified atom stereocenters. The Hall–Kier alpha value is -2.56. The van der Waals surface area contributed by atoms with Crippen LogP contribution in [0.2, 0.25) is 0 Å². The molecule has 0 aromatic heterocycles. The highest BCUT2D eigenvalue weighted by Crippen LogP contribution is 2.30. The highest BCUT2D eigenvalue weighted by atomic mass is 16.5. The predicted molar refractivity (Wildman–Crippen MR) is 89.2 cm³/mol. The Balaban J connectivity index is 2.20. The third-order valence-electron chi connectivity index (χ3n) is 3.62. The lowest BCUT2D eigenvalue weighted by Gasteiger charge is -2.22. The van der Waals surface area contributed by atoms with Gasteiger partial charge in [0.05, 0.1) is 6.54 Å². The smallest absolute Gasteiger partial charge is 0.325 e. The standard InChI is InChI=1S/C18H22N2O3/c1-12(2)10-20-16(21)18(5,19-17(20)22)14-6-8-15(9-7-14)23-11-13(3)4/h6-9H,1,3,10-11H2,2,4-5H3,(H,19,22). The minimum Gasteiger partial charge on any atom is -0.489 e. The van der Waals surface area contributed by atoms with Crippen LogP contribution < -0.4 is 10.1 Å². The number of benzene rings is 1. The van der Waals surface area contributed by atoms with Crippen LogP contribution in [0.4, 0.5) is 4.79 Å². The van der Waals surface area contributed by atoms with Crippen molar-refractivity contribution in [1.29, 1.82) is 0 Å². The summed E-state index contributed by atoms with van der Waals surface area (Å²) in [4.78, 5) is 25.9. The summed E-state index contributed by atoms with van der Waals surface area (Å²) >= 11 is 0. The number of imide groups is 1. The normalized spacial score (nSPS) is 20.4. The summed E-state index contributed by atoms with van der Waals surface area (Å²) in [5.74, 6) is 0.414. The van der Waals surface area contributed by atoms with Crippen molar-refractivity contribution < 1.29 is 14.3 Å². The second kappa shape index (κ2) is 6.28. The summed E-state index contributed by atoms with van der Waals surface area (Å²) in [6.45, 7) is 13.6. The first kappa shape index (κ1) is 16.8. The van der Waals surface area contributed by atoms with E-state index in [9.17, 15) is 9.59 Å². The third-order valence-corrected chi connectivity index (χ3v) is 3.62. The summed E-state index contributed by atoms with van der Waals surface area (Å²) in [5.41, 5.74) is 1.32. The van der Waals surface area contributed by atoms with Gasteiger partial charge in [-0.1, -0.05) is 30.9 Å². The first-order valence-corrected chi connectivity index (χ1v) is 7.40. The molecule has 0 spiro atoms. The number of hydrogen-bond acceptors (Lipinski definition) is 3. The molecule has 0 aliphatic carbocycles. The van der Waals surface area contributed by atoms with E-state index in [0.717, 1.165) is 11.1 Å². The molecule has 0 saturated carbocycles. The molecule has 2 rings (SSSR count). The Kier molecular flexibility index (Phi) is 4.59. The molecule has 0 bridgehead atoms. The van der Waals surface area contributed by atoms with Crippen molar-refractivity contribution in [2.75, 3.05) is 13.2 Å². The topological polar surface area (TPSA) is 58.6 Å². The van der Waals surface area contributed by atoms with Crippen LogP contribution in [0.1, 0.15) is 26.3 Å². The first-order chi connectivity index (χ1) is 10.7. The molecule has 1 aliphatic rings. The predicted octanol–water partition coefficient (Wildman–Crippen LogP) is 2.98. The van der Waals surface area contributed by atoms with Crippen LogP contribution in [0.15, 0.2) is 48.6 Å². The molecule has 0 radical (unpaired) electrons. The maximum atomic E-state index is 12.6. The number of amides is 3. The fourth-order valence-electron chi connectivity index (χ4n) is 2.40. The molecule has 3 amide bonds. The van der Waals surface area contributed by atoms with E-state index in [2.05, 4.69) is 18.5 Å². The maximum absolute atomic E-state index is 12.6. The van der Waals surface area contributed by atoms with E-state index in [1.165, 1.54) is 4.90 Å². The minimum atomic E-state index is -1.07. The van der Waals surface area contributed by atoms with Gasteiger partial charge < -0.3 is 10.1 Å². The highest BCUT2D eigenvalue weighted by molar-refractivity contribution is 6.07. The number of rotatable bonds is 6. The molecule has 1 atom stereocenters. The average Bonchev–Trinajstić information content (AvgIpc) is 2.70. The summed E-state index contributed by atoms with van der Waals surface area (Å²) in [6, 6.07) is 6.74. The van der Waals surface area contributed by atoms with Gasteiger partial charge in [0.15, 0.2) is 0 Å². The van der Waals surface area contributed by atoms with Crippen molar-refractivity contribution in [3.05, 3.63) is 54.1 Å². The fourth-order valence-corrected chi connectivity index (χ4v) is 2.40. The van der Waals surface area contributed by atoms with Crippen molar-refractivity contribution in [2.45, 2.75) is 26.3 Å². The first-order valence-electron chi connectivity index (χ1n) is 7.40. The van der Waals surface area contributed by atoms with Crippen LogP contribution >= 0.6 is 0 Å². The second-order valence-electron chi connectivity index (χ2n) is 6.17. The highest BCUT2D eigenvalue weighted by Gasteiger charge is 2.48. The van der Waals surface area contributed by atoms with Gasteiger partial charge in [0.25, 0.3) is 5.91 Å². The van der Waals surface area contributed by atoms with Gasteiger partial charge in [-0.2, -0.15) is 0 Å². The van der Waals surface area contributed by atoms with Gasteiger partial charge in [0, 0.05) is 0 Å². The van der Waals surface area contributed by atoms with Crippen molar-refractivity contribution in [1.82, 2.24) is 10.2 Å². The minimum absolute atomic E-state index is 0.222. The van der Waals surface area contributed by atoms with Crippen LogP contribution in [0, 0.1) is 0 Å². The fraction of sp³-hybridized carbons (Fsp3) is 0.333. The van der Waals surface area contributed by atoms with E-state index in [-0.39, 0.29) is 12.5 Å². The molecule has 1 aromatic carbocycles. The van der Waals surface area contributed by atoms with Crippen LogP contribution in [0.5, 0.6) is 5.75 Å². The average molecular weight is 314 g/mol. The summed E-state index contributed by atoms with van der Waals surface area (Å²) < 4.78 is 5.55. The molecule has 1 fully saturated rings. The third kappa shape index (κ3) is 3.44. The monoisotopic (exact) mass is 314 g/mol. The van der Waals surface area contributed by atoms with Gasteiger partial charge in [-0.25, -0.2) is 4.79 Å². The van der Waals surface area contributed by atoms with Crippen LogP contribution in [-0.4, -0.2) is 30.0 Å². The van der Waals surface area contributed by atoms with Gasteiger partial charge in [0.2, 0.25) is 0 Å². The number of ether oxygens (including phenoxy) is 1.